The molecular formula is C18H23N3O3. The average molecular weight is 329 g/mol. The van der Waals surface area contributed by atoms with E-state index < -0.39 is 12.0 Å². The van der Waals surface area contributed by atoms with E-state index in [0.29, 0.717) is 13.0 Å². The van der Waals surface area contributed by atoms with Gasteiger partial charge in [0.25, 0.3) is 0 Å². The van der Waals surface area contributed by atoms with Gasteiger partial charge in [-0.05, 0) is 17.9 Å². The highest BCUT2D eigenvalue weighted by molar-refractivity contribution is 5.85. The number of carbonyl (C=O) groups is 2. The molecule has 0 aliphatic carbocycles. The monoisotopic (exact) mass is 329 g/mol. The molecule has 1 unspecified atom stereocenters. The molecule has 0 bridgehead atoms. The van der Waals surface area contributed by atoms with Gasteiger partial charge in [0, 0.05) is 18.9 Å². The number of carbonyl (C=O) groups excluding carboxylic acids is 1. The number of amides is 1. The van der Waals surface area contributed by atoms with Gasteiger partial charge in [-0.2, -0.15) is 0 Å². The molecule has 6 nitrogen and oxygen atoms in total. The fourth-order valence-corrected chi connectivity index (χ4v) is 2.57. The van der Waals surface area contributed by atoms with E-state index in [9.17, 15) is 14.7 Å². The Morgan fingerprint density at radius 2 is 1.96 bits per heavy atom. The van der Waals surface area contributed by atoms with Crippen LogP contribution in [0.1, 0.15) is 19.4 Å². The summed E-state index contributed by atoms with van der Waals surface area (Å²) in [7, 11) is 0. The number of nitrogens with zero attached hydrogens (tertiary/aromatic N) is 2. The first-order chi connectivity index (χ1) is 11.5. The molecule has 0 radical (unpaired) electrons. The van der Waals surface area contributed by atoms with Crippen molar-refractivity contribution >= 4 is 11.9 Å². The molecule has 0 saturated heterocycles. The third-order valence-corrected chi connectivity index (χ3v) is 3.92. The highest BCUT2D eigenvalue weighted by Crippen LogP contribution is 2.13. The maximum Gasteiger partial charge on any atom is 0.326 e. The van der Waals surface area contributed by atoms with Crippen LogP contribution in [0.2, 0.25) is 0 Å². The molecule has 0 saturated carbocycles. The number of hydrogen-bond acceptors (Lipinski definition) is 3. The molecule has 2 aromatic rings. The average Bonchev–Trinajstić information content (AvgIpc) is 3.05. The highest BCUT2D eigenvalue weighted by atomic mass is 16.4. The van der Waals surface area contributed by atoms with Crippen LogP contribution in [-0.2, 0) is 22.6 Å². The maximum atomic E-state index is 12.7. The number of carboxylic acids is 1. The van der Waals surface area contributed by atoms with Gasteiger partial charge in [-0.15, -0.1) is 0 Å². The number of imidazole rings is 1. The highest BCUT2D eigenvalue weighted by Gasteiger charge is 2.27. The van der Waals surface area contributed by atoms with E-state index in [0.717, 1.165) is 5.56 Å². The van der Waals surface area contributed by atoms with Crippen molar-refractivity contribution in [3.63, 3.8) is 0 Å². The Labute approximate surface area is 141 Å². The quantitative estimate of drug-likeness (QED) is 0.775. The topological polar surface area (TPSA) is 84.2 Å². The summed E-state index contributed by atoms with van der Waals surface area (Å²) in [5, 5.41) is 12.0. The van der Waals surface area contributed by atoms with E-state index >= 15 is 0 Å². The van der Waals surface area contributed by atoms with Crippen LogP contribution in [0.5, 0.6) is 0 Å². The van der Waals surface area contributed by atoms with Crippen molar-refractivity contribution in [1.82, 2.24) is 14.9 Å². The van der Waals surface area contributed by atoms with E-state index in [1.165, 1.54) is 0 Å². The summed E-state index contributed by atoms with van der Waals surface area (Å²) in [6.07, 6.45) is 5.64. The fourth-order valence-electron chi connectivity index (χ4n) is 2.57. The zero-order chi connectivity index (χ0) is 17.5. The normalized spacial score (nSPS) is 13.5. The van der Waals surface area contributed by atoms with Gasteiger partial charge < -0.3 is 15.0 Å². The molecule has 1 aromatic heterocycles. The molecule has 24 heavy (non-hydrogen) atoms. The summed E-state index contributed by atoms with van der Waals surface area (Å²) in [5.41, 5.74) is 1.04. The van der Waals surface area contributed by atoms with E-state index in [4.69, 9.17) is 0 Å². The Morgan fingerprint density at radius 3 is 2.50 bits per heavy atom. The Morgan fingerprint density at radius 1 is 1.25 bits per heavy atom. The molecule has 1 heterocycles. The molecular weight excluding hydrogens is 306 g/mol. The Bertz CT molecular complexity index is 653. The van der Waals surface area contributed by atoms with Gasteiger partial charge in [0.15, 0.2) is 0 Å². The molecule has 0 spiro atoms. The number of aromatic nitrogens is 2. The Balaban J connectivity index is 2.14. The molecule has 2 atom stereocenters. The van der Waals surface area contributed by atoms with Crippen molar-refractivity contribution < 1.29 is 14.7 Å². The van der Waals surface area contributed by atoms with Gasteiger partial charge in [-0.1, -0.05) is 44.2 Å². The maximum absolute atomic E-state index is 12.7. The van der Waals surface area contributed by atoms with Crippen LogP contribution in [0.15, 0.2) is 49.1 Å². The van der Waals surface area contributed by atoms with Crippen LogP contribution in [-0.4, -0.2) is 32.6 Å². The van der Waals surface area contributed by atoms with Crippen LogP contribution >= 0.6 is 0 Å². The SMILES string of the molecule is CC(C)[C@H](NC(=O)C(Cc1ccccc1)Cn1ccnc1)C(=O)O. The molecule has 0 fully saturated rings. The van der Waals surface area contributed by atoms with Crippen LogP contribution < -0.4 is 5.32 Å². The van der Waals surface area contributed by atoms with Gasteiger partial charge in [0.2, 0.25) is 5.91 Å². The van der Waals surface area contributed by atoms with Gasteiger partial charge in [-0.3, -0.25) is 4.79 Å². The Kier molecular flexibility index (Phi) is 6.12. The second-order valence-electron chi connectivity index (χ2n) is 6.21. The summed E-state index contributed by atoms with van der Waals surface area (Å²) in [4.78, 5) is 28.0. The molecule has 2 rings (SSSR count). The van der Waals surface area contributed by atoms with Crippen LogP contribution in [0, 0.1) is 11.8 Å². The molecule has 128 valence electrons. The molecule has 6 heteroatoms. The van der Waals surface area contributed by atoms with Crippen LogP contribution in [0.4, 0.5) is 0 Å². The third kappa shape index (κ3) is 4.94. The van der Waals surface area contributed by atoms with Crippen molar-refractivity contribution in [2.24, 2.45) is 11.8 Å². The minimum absolute atomic E-state index is 0.183. The number of nitrogens with one attached hydrogen (secondary N) is 1. The first-order valence-electron chi connectivity index (χ1n) is 8.00. The first kappa shape index (κ1) is 17.7. The molecule has 1 amide bonds. The summed E-state index contributed by atoms with van der Waals surface area (Å²) in [6, 6.07) is 8.81. The minimum atomic E-state index is -1.01. The van der Waals surface area contributed by atoms with Gasteiger partial charge >= 0.3 is 5.97 Å². The smallest absolute Gasteiger partial charge is 0.326 e. The summed E-state index contributed by atoms with van der Waals surface area (Å²) >= 11 is 0. The molecule has 2 N–H and O–H groups in total. The lowest BCUT2D eigenvalue weighted by atomic mass is 9.96. The molecule has 1 aromatic carbocycles. The van der Waals surface area contributed by atoms with Gasteiger partial charge in [-0.25, -0.2) is 9.78 Å². The summed E-state index contributed by atoms with van der Waals surface area (Å²) in [5.74, 6) is -1.83. The lowest BCUT2D eigenvalue weighted by molar-refractivity contribution is -0.143. The van der Waals surface area contributed by atoms with Crippen molar-refractivity contribution in [2.45, 2.75) is 32.9 Å². The van der Waals surface area contributed by atoms with Gasteiger partial charge in [0.05, 0.1) is 12.2 Å². The number of rotatable bonds is 8. The predicted molar refractivity (Wildman–Crippen MR) is 90.3 cm³/mol. The zero-order valence-corrected chi connectivity index (χ0v) is 13.9. The van der Waals surface area contributed by atoms with Crippen LogP contribution in [0.3, 0.4) is 0 Å². The second kappa shape index (κ2) is 8.29. The number of hydrogen-bond donors (Lipinski definition) is 2. The van der Waals surface area contributed by atoms with E-state index in [1.807, 2.05) is 34.9 Å². The number of aliphatic carboxylic acids is 1. The minimum Gasteiger partial charge on any atom is -0.480 e. The zero-order valence-electron chi connectivity index (χ0n) is 13.9. The lowest BCUT2D eigenvalue weighted by Crippen LogP contribution is -2.47. The Hall–Kier alpha value is -2.63. The largest absolute Gasteiger partial charge is 0.480 e. The van der Waals surface area contributed by atoms with Crippen molar-refractivity contribution in [1.29, 1.82) is 0 Å². The molecule has 0 aliphatic heterocycles. The fraction of sp³-hybridized carbons (Fsp3) is 0.389. The lowest BCUT2D eigenvalue weighted by Gasteiger charge is -2.23. The van der Waals surface area contributed by atoms with Crippen molar-refractivity contribution in [3.8, 4) is 0 Å². The predicted octanol–water partition coefficient (Wildman–Crippen LogP) is 1.97. The van der Waals surface area contributed by atoms with Crippen molar-refractivity contribution in [3.05, 3.63) is 54.6 Å². The number of carboxylic acid groups (broad SMARTS) is 1. The first-order valence-corrected chi connectivity index (χ1v) is 8.00. The second-order valence-corrected chi connectivity index (χ2v) is 6.21. The summed E-state index contributed by atoms with van der Waals surface area (Å²) < 4.78 is 1.83. The van der Waals surface area contributed by atoms with Crippen molar-refractivity contribution in [2.75, 3.05) is 0 Å². The summed E-state index contributed by atoms with van der Waals surface area (Å²) in [6.45, 7) is 4.01. The van der Waals surface area contributed by atoms with Crippen LogP contribution in [0.25, 0.3) is 0 Å². The van der Waals surface area contributed by atoms with E-state index in [-0.39, 0.29) is 17.7 Å². The number of benzene rings is 1. The van der Waals surface area contributed by atoms with E-state index in [1.54, 1.807) is 32.6 Å². The third-order valence-electron chi connectivity index (χ3n) is 3.92. The standard InChI is InChI=1S/C18H23N3O3/c1-13(2)16(18(23)24)20-17(22)15(11-21-9-8-19-12-21)10-14-6-4-3-5-7-14/h3-9,12-13,15-16H,10-11H2,1-2H3,(H,20,22)(H,23,24)/t15?,16-/m0/s1. The molecule has 0 aliphatic rings. The van der Waals surface area contributed by atoms with E-state index in [2.05, 4.69) is 10.3 Å². The van der Waals surface area contributed by atoms with Gasteiger partial charge in [0.1, 0.15) is 6.04 Å².